The number of anilines is 1. The first kappa shape index (κ1) is 27.2. The summed E-state index contributed by atoms with van der Waals surface area (Å²) < 4.78 is 41.6. The number of aliphatic hydroxyl groups is 2. The third-order valence-electron chi connectivity index (χ3n) is 5.51. The average molecular weight is 481 g/mol. The molecule has 6 nitrogen and oxygen atoms in total. The summed E-state index contributed by atoms with van der Waals surface area (Å²) in [4.78, 5) is 14.6. The molecule has 0 fully saturated rings. The van der Waals surface area contributed by atoms with Gasteiger partial charge in [0.2, 0.25) is 6.41 Å². The number of hydrogen-bond donors (Lipinski definition) is 2. The Bertz CT molecular complexity index is 1020. The molecule has 0 aliphatic carbocycles. The second-order valence-corrected chi connectivity index (χ2v) is 8.20. The zero-order valence-corrected chi connectivity index (χ0v) is 20.0. The summed E-state index contributed by atoms with van der Waals surface area (Å²) in [6, 6.07) is 7.31. The molecule has 2 aromatic carbocycles. The van der Waals surface area contributed by atoms with Gasteiger partial charge in [-0.05, 0) is 60.7 Å². The molecule has 34 heavy (non-hydrogen) atoms. The standard InChI is InChI=1S/C25H31F3N2O4/c1-6-16(2)12-30(5)24-17(3)21(18-7-9-20(10-8-18)34-25(26,27)28)11-19(13-29(4)15-32)23(24)22(33)14-31/h7-12,15,22,31,33H,6,13-14H2,1-5H3/b16-12+. The van der Waals surface area contributed by atoms with E-state index in [1.807, 2.05) is 38.9 Å². The van der Waals surface area contributed by atoms with Crippen LogP contribution in [0.25, 0.3) is 11.1 Å². The molecule has 2 rings (SSSR count). The maximum Gasteiger partial charge on any atom is 0.573 e. The Kier molecular flexibility index (Phi) is 9.12. The molecule has 0 aliphatic rings. The van der Waals surface area contributed by atoms with Crippen LogP contribution in [-0.4, -0.2) is 48.6 Å². The van der Waals surface area contributed by atoms with Gasteiger partial charge in [0.05, 0.1) is 12.3 Å². The lowest BCUT2D eigenvalue weighted by Crippen LogP contribution is -2.22. The monoisotopic (exact) mass is 480 g/mol. The van der Waals surface area contributed by atoms with Crippen molar-refractivity contribution in [2.24, 2.45) is 0 Å². The Balaban J connectivity index is 2.77. The second kappa shape index (κ2) is 11.4. The van der Waals surface area contributed by atoms with E-state index >= 15 is 0 Å². The molecule has 0 aromatic heterocycles. The second-order valence-electron chi connectivity index (χ2n) is 8.20. The number of amides is 1. The van der Waals surface area contributed by atoms with Crippen LogP contribution in [0.4, 0.5) is 18.9 Å². The quantitative estimate of drug-likeness (QED) is 0.472. The summed E-state index contributed by atoms with van der Waals surface area (Å²) in [7, 11) is 3.42. The fourth-order valence-electron chi connectivity index (χ4n) is 3.82. The molecule has 2 aromatic rings. The smallest absolute Gasteiger partial charge is 0.406 e. The van der Waals surface area contributed by atoms with Crippen LogP contribution in [0.1, 0.15) is 43.1 Å². The minimum Gasteiger partial charge on any atom is -0.406 e. The summed E-state index contributed by atoms with van der Waals surface area (Å²) in [5.41, 5.74) is 4.93. The van der Waals surface area contributed by atoms with E-state index in [1.54, 1.807) is 13.1 Å². The predicted molar refractivity (Wildman–Crippen MR) is 125 cm³/mol. The van der Waals surface area contributed by atoms with Crippen molar-refractivity contribution in [3.8, 4) is 16.9 Å². The van der Waals surface area contributed by atoms with Gasteiger partial charge in [0.15, 0.2) is 0 Å². The molecule has 2 N–H and O–H groups in total. The van der Waals surface area contributed by atoms with Gasteiger partial charge in [-0.15, -0.1) is 13.2 Å². The Morgan fingerprint density at radius 1 is 1.21 bits per heavy atom. The number of allylic oxidation sites excluding steroid dienone is 1. The average Bonchev–Trinajstić information content (AvgIpc) is 2.78. The number of benzene rings is 2. The van der Waals surface area contributed by atoms with E-state index in [0.717, 1.165) is 17.6 Å². The van der Waals surface area contributed by atoms with E-state index in [2.05, 4.69) is 4.74 Å². The minimum atomic E-state index is -4.79. The Morgan fingerprint density at radius 3 is 2.32 bits per heavy atom. The molecule has 0 spiro atoms. The molecule has 1 atom stereocenters. The van der Waals surface area contributed by atoms with Gasteiger partial charge < -0.3 is 24.7 Å². The largest absolute Gasteiger partial charge is 0.573 e. The van der Waals surface area contributed by atoms with Crippen molar-refractivity contribution in [3.63, 3.8) is 0 Å². The molecule has 0 saturated heterocycles. The number of rotatable bonds is 10. The molecule has 0 saturated carbocycles. The van der Waals surface area contributed by atoms with Gasteiger partial charge in [-0.1, -0.05) is 24.6 Å². The normalized spacial score (nSPS) is 12.9. The van der Waals surface area contributed by atoms with Crippen LogP contribution in [0.3, 0.4) is 0 Å². The Labute approximate surface area is 197 Å². The highest BCUT2D eigenvalue weighted by Gasteiger charge is 2.31. The highest BCUT2D eigenvalue weighted by atomic mass is 19.4. The molecule has 0 heterocycles. The van der Waals surface area contributed by atoms with Gasteiger partial charge in [-0.3, -0.25) is 4.79 Å². The molecule has 0 aliphatic heterocycles. The summed E-state index contributed by atoms with van der Waals surface area (Å²) in [6.45, 7) is 5.48. The van der Waals surface area contributed by atoms with Crippen molar-refractivity contribution in [2.75, 3.05) is 25.6 Å². The van der Waals surface area contributed by atoms with Crippen molar-refractivity contribution in [1.29, 1.82) is 0 Å². The van der Waals surface area contributed by atoms with Crippen molar-refractivity contribution in [2.45, 2.75) is 46.2 Å². The van der Waals surface area contributed by atoms with Gasteiger partial charge in [-0.2, -0.15) is 0 Å². The molecule has 1 unspecified atom stereocenters. The van der Waals surface area contributed by atoms with Gasteiger partial charge >= 0.3 is 6.36 Å². The number of aliphatic hydroxyl groups excluding tert-OH is 2. The number of ether oxygens (including phenoxy) is 1. The van der Waals surface area contributed by atoms with E-state index < -0.39 is 19.1 Å². The zero-order valence-electron chi connectivity index (χ0n) is 20.0. The fourth-order valence-corrected chi connectivity index (χ4v) is 3.82. The lowest BCUT2D eigenvalue weighted by molar-refractivity contribution is -0.274. The van der Waals surface area contributed by atoms with Crippen LogP contribution >= 0.6 is 0 Å². The van der Waals surface area contributed by atoms with Crippen LogP contribution < -0.4 is 9.64 Å². The Hall–Kier alpha value is -3.04. The van der Waals surface area contributed by atoms with E-state index in [9.17, 15) is 28.2 Å². The maximum absolute atomic E-state index is 12.6. The first-order valence-corrected chi connectivity index (χ1v) is 10.8. The molecule has 186 valence electrons. The first-order valence-electron chi connectivity index (χ1n) is 10.8. The summed E-state index contributed by atoms with van der Waals surface area (Å²) >= 11 is 0. The number of alkyl halides is 3. The third kappa shape index (κ3) is 6.74. The van der Waals surface area contributed by atoms with Gasteiger partial charge in [0, 0.05) is 32.4 Å². The van der Waals surface area contributed by atoms with Gasteiger partial charge in [0.25, 0.3) is 0 Å². The van der Waals surface area contributed by atoms with Crippen molar-refractivity contribution >= 4 is 12.1 Å². The van der Waals surface area contributed by atoms with E-state index in [0.29, 0.717) is 34.4 Å². The van der Waals surface area contributed by atoms with Crippen LogP contribution in [0.5, 0.6) is 5.75 Å². The topological polar surface area (TPSA) is 73.2 Å². The van der Waals surface area contributed by atoms with Crippen molar-refractivity contribution < 1.29 is 32.9 Å². The number of carbonyl (C=O) groups is 1. The SMILES string of the molecule is CC/C(C)=C/N(C)c1c(C)c(-c2ccc(OC(F)(F)F)cc2)cc(CN(C)C=O)c1C(O)CO. The number of carbonyl (C=O) groups excluding carboxylic acids is 1. The number of hydrogen-bond acceptors (Lipinski definition) is 5. The first-order chi connectivity index (χ1) is 15.9. The molecular weight excluding hydrogens is 449 g/mol. The zero-order chi connectivity index (χ0) is 25.6. The lowest BCUT2D eigenvalue weighted by Gasteiger charge is -2.29. The van der Waals surface area contributed by atoms with Crippen LogP contribution in [0.15, 0.2) is 42.1 Å². The number of nitrogens with zero attached hydrogens (tertiary/aromatic N) is 2. The third-order valence-corrected chi connectivity index (χ3v) is 5.51. The summed E-state index contributed by atoms with van der Waals surface area (Å²) in [5.74, 6) is -0.332. The van der Waals surface area contributed by atoms with Crippen LogP contribution in [0, 0.1) is 6.92 Å². The Morgan fingerprint density at radius 2 is 1.82 bits per heavy atom. The summed E-state index contributed by atoms with van der Waals surface area (Å²) in [6.07, 6.45) is -2.60. The highest BCUT2D eigenvalue weighted by Crippen LogP contribution is 2.40. The van der Waals surface area contributed by atoms with Gasteiger partial charge in [0.1, 0.15) is 11.9 Å². The fraction of sp³-hybridized carbons (Fsp3) is 0.400. The molecule has 0 bridgehead atoms. The molecule has 0 radical (unpaired) electrons. The van der Waals surface area contributed by atoms with E-state index in [4.69, 9.17) is 0 Å². The summed E-state index contributed by atoms with van der Waals surface area (Å²) in [5, 5.41) is 20.5. The lowest BCUT2D eigenvalue weighted by atomic mass is 9.89. The van der Waals surface area contributed by atoms with E-state index in [-0.39, 0.29) is 12.3 Å². The molecule has 9 heteroatoms. The van der Waals surface area contributed by atoms with Gasteiger partial charge in [-0.25, -0.2) is 0 Å². The van der Waals surface area contributed by atoms with Crippen molar-refractivity contribution in [3.05, 3.63) is 58.8 Å². The predicted octanol–water partition coefficient (Wildman–Crippen LogP) is 4.92. The molecule has 1 amide bonds. The number of halogens is 3. The van der Waals surface area contributed by atoms with Crippen LogP contribution in [0.2, 0.25) is 0 Å². The minimum absolute atomic E-state index is 0.162. The molecular formula is C25H31F3N2O4. The van der Waals surface area contributed by atoms with Crippen molar-refractivity contribution in [1.82, 2.24) is 4.90 Å². The van der Waals surface area contributed by atoms with E-state index in [1.165, 1.54) is 29.2 Å². The maximum atomic E-state index is 12.6. The highest BCUT2D eigenvalue weighted by molar-refractivity contribution is 5.79. The van der Waals surface area contributed by atoms with Crippen LogP contribution in [-0.2, 0) is 11.3 Å².